The van der Waals surface area contributed by atoms with Crippen LogP contribution >= 0.6 is 0 Å². The molecule has 0 heterocycles. The Labute approximate surface area is 51.3 Å². The van der Waals surface area contributed by atoms with E-state index in [9.17, 15) is 0 Å². The first-order chi connectivity index (χ1) is 3.81. The summed E-state index contributed by atoms with van der Waals surface area (Å²) >= 11 is 0. The first kappa shape index (κ1) is 10.3. The summed E-state index contributed by atoms with van der Waals surface area (Å²) in [6, 6.07) is 0. The summed E-state index contributed by atoms with van der Waals surface area (Å²) in [5.74, 6) is 0.745. The molecule has 0 aromatic rings. The van der Waals surface area contributed by atoms with E-state index in [1.807, 2.05) is 13.8 Å². The van der Waals surface area contributed by atoms with Crippen LogP contribution in [0.5, 0.6) is 0 Å². The first-order valence-electron chi connectivity index (χ1n) is 2.73. The van der Waals surface area contributed by atoms with Gasteiger partial charge in [-0.15, -0.1) is 0 Å². The van der Waals surface area contributed by atoms with Crippen molar-refractivity contribution in [2.45, 2.75) is 20.8 Å². The Morgan fingerprint density at radius 1 is 1.50 bits per heavy atom. The molecule has 0 spiro atoms. The Balaban J connectivity index is 0. The lowest BCUT2D eigenvalue weighted by Crippen LogP contribution is -1.84. The molecule has 0 rings (SSSR count). The van der Waals surface area contributed by atoms with E-state index in [-0.39, 0.29) is 0 Å². The summed E-state index contributed by atoms with van der Waals surface area (Å²) < 4.78 is 4.64. The second-order valence-corrected chi connectivity index (χ2v) is 0.981. The van der Waals surface area contributed by atoms with E-state index >= 15 is 0 Å². The normalized spacial score (nSPS) is 9.25. The Hall–Kier alpha value is -0.660. The van der Waals surface area contributed by atoms with Crippen molar-refractivity contribution < 1.29 is 4.74 Å². The fraction of sp³-hybridized carbons (Fsp3) is 0.667. The van der Waals surface area contributed by atoms with Crippen LogP contribution < -0.4 is 5.73 Å². The lowest BCUT2D eigenvalue weighted by molar-refractivity contribution is 0.292. The molecular formula is C6H15NO. The zero-order valence-corrected chi connectivity index (χ0v) is 6.06. The molecule has 0 amide bonds. The molecule has 0 aromatic heterocycles. The van der Waals surface area contributed by atoms with Gasteiger partial charge in [-0.1, -0.05) is 13.8 Å². The van der Waals surface area contributed by atoms with Gasteiger partial charge in [0.2, 0.25) is 0 Å². The highest BCUT2D eigenvalue weighted by Crippen LogP contribution is 1.84. The molecule has 0 saturated carbocycles. The highest BCUT2D eigenvalue weighted by atomic mass is 16.5. The number of rotatable bonds is 1. The predicted octanol–water partition coefficient (Wildman–Crippen LogP) is 1.48. The SMILES string of the molecule is CC.CO/C(C)=C\N. The fourth-order valence-corrected chi connectivity index (χ4v) is 0.0680. The van der Waals surface area contributed by atoms with Gasteiger partial charge in [0.15, 0.2) is 0 Å². The number of nitrogens with two attached hydrogens (primary N) is 1. The minimum absolute atomic E-state index is 0.745. The van der Waals surface area contributed by atoms with Crippen LogP contribution in [0.4, 0.5) is 0 Å². The maximum Gasteiger partial charge on any atom is 0.108 e. The number of methoxy groups -OCH3 is 1. The molecule has 0 aromatic carbocycles. The minimum atomic E-state index is 0.745. The Bertz CT molecular complexity index is 59.5. The zero-order chi connectivity index (χ0) is 6.99. The Morgan fingerprint density at radius 3 is 1.88 bits per heavy atom. The van der Waals surface area contributed by atoms with Crippen LogP contribution in [0, 0.1) is 0 Å². The van der Waals surface area contributed by atoms with Gasteiger partial charge in [0, 0.05) is 6.20 Å². The molecule has 0 saturated heterocycles. The third-order valence-corrected chi connectivity index (χ3v) is 0.557. The molecule has 0 bridgehead atoms. The average Bonchev–Trinajstić information content (AvgIpc) is 1.91. The monoisotopic (exact) mass is 117 g/mol. The van der Waals surface area contributed by atoms with Gasteiger partial charge >= 0.3 is 0 Å². The molecule has 0 aliphatic heterocycles. The number of hydrogen-bond acceptors (Lipinski definition) is 2. The largest absolute Gasteiger partial charge is 0.500 e. The van der Waals surface area contributed by atoms with Crippen LogP contribution in [-0.4, -0.2) is 7.11 Å². The van der Waals surface area contributed by atoms with Crippen molar-refractivity contribution in [1.29, 1.82) is 0 Å². The van der Waals surface area contributed by atoms with Crippen molar-refractivity contribution in [3.8, 4) is 0 Å². The van der Waals surface area contributed by atoms with Crippen LogP contribution in [-0.2, 0) is 4.74 Å². The smallest absolute Gasteiger partial charge is 0.108 e. The van der Waals surface area contributed by atoms with E-state index in [4.69, 9.17) is 5.73 Å². The molecular weight excluding hydrogens is 102 g/mol. The fourth-order valence-electron chi connectivity index (χ4n) is 0.0680. The number of hydrogen-bond donors (Lipinski definition) is 1. The maximum absolute atomic E-state index is 5.00. The van der Waals surface area contributed by atoms with Crippen LogP contribution in [0.15, 0.2) is 12.0 Å². The predicted molar refractivity (Wildman–Crippen MR) is 36.3 cm³/mol. The second-order valence-electron chi connectivity index (χ2n) is 0.981. The van der Waals surface area contributed by atoms with E-state index in [1.165, 1.54) is 6.20 Å². The Kier molecular flexibility index (Phi) is 12.4. The summed E-state index contributed by atoms with van der Waals surface area (Å²) in [6.07, 6.45) is 1.42. The van der Waals surface area contributed by atoms with Gasteiger partial charge in [-0.3, -0.25) is 0 Å². The van der Waals surface area contributed by atoms with Crippen molar-refractivity contribution in [2.24, 2.45) is 5.73 Å². The molecule has 8 heavy (non-hydrogen) atoms. The Morgan fingerprint density at radius 2 is 1.88 bits per heavy atom. The lowest BCUT2D eigenvalue weighted by atomic mass is 10.6. The van der Waals surface area contributed by atoms with Crippen LogP contribution in [0.25, 0.3) is 0 Å². The third-order valence-electron chi connectivity index (χ3n) is 0.557. The standard InChI is InChI=1S/C4H9NO.C2H6/c1-4(3-5)6-2;1-2/h3H,5H2,1-2H3;1-2H3/b4-3-;. The molecule has 50 valence electrons. The van der Waals surface area contributed by atoms with Gasteiger partial charge in [-0.05, 0) is 6.92 Å². The van der Waals surface area contributed by atoms with Crippen LogP contribution in [0.3, 0.4) is 0 Å². The number of allylic oxidation sites excluding steroid dienone is 1. The van der Waals surface area contributed by atoms with Crippen molar-refractivity contribution >= 4 is 0 Å². The summed E-state index contributed by atoms with van der Waals surface area (Å²) in [5, 5.41) is 0. The topological polar surface area (TPSA) is 35.2 Å². The first-order valence-corrected chi connectivity index (χ1v) is 2.73. The van der Waals surface area contributed by atoms with Crippen molar-refractivity contribution in [1.82, 2.24) is 0 Å². The van der Waals surface area contributed by atoms with E-state index in [0.29, 0.717) is 0 Å². The van der Waals surface area contributed by atoms with Gasteiger partial charge in [0.1, 0.15) is 5.76 Å². The van der Waals surface area contributed by atoms with Crippen molar-refractivity contribution in [2.75, 3.05) is 7.11 Å². The minimum Gasteiger partial charge on any atom is -0.500 e. The van der Waals surface area contributed by atoms with Gasteiger partial charge in [-0.25, -0.2) is 0 Å². The quantitative estimate of drug-likeness (QED) is 0.528. The molecule has 0 unspecified atom stereocenters. The number of ether oxygens (including phenoxy) is 1. The van der Waals surface area contributed by atoms with Crippen LogP contribution in [0.1, 0.15) is 20.8 Å². The summed E-state index contributed by atoms with van der Waals surface area (Å²) in [4.78, 5) is 0. The third kappa shape index (κ3) is 9.02. The van der Waals surface area contributed by atoms with E-state index < -0.39 is 0 Å². The highest BCUT2D eigenvalue weighted by Gasteiger charge is 1.72. The summed E-state index contributed by atoms with van der Waals surface area (Å²) in [5.41, 5.74) is 5.00. The molecule has 2 nitrogen and oxygen atoms in total. The van der Waals surface area contributed by atoms with Gasteiger partial charge in [0.25, 0.3) is 0 Å². The molecule has 2 N–H and O–H groups in total. The molecule has 0 radical (unpaired) electrons. The average molecular weight is 117 g/mol. The molecule has 0 fully saturated rings. The lowest BCUT2D eigenvalue weighted by Gasteiger charge is -1.91. The molecule has 0 atom stereocenters. The maximum atomic E-state index is 5.00. The van der Waals surface area contributed by atoms with E-state index in [2.05, 4.69) is 4.74 Å². The molecule has 0 aliphatic rings. The van der Waals surface area contributed by atoms with Crippen molar-refractivity contribution in [3.63, 3.8) is 0 Å². The molecule has 0 aliphatic carbocycles. The van der Waals surface area contributed by atoms with Gasteiger partial charge in [0.05, 0.1) is 7.11 Å². The van der Waals surface area contributed by atoms with Gasteiger partial charge in [-0.2, -0.15) is 0 Å². The van der Waals surface area contributed by atoms with Crippen LogP contribution in [0.2, 0.25) is 0 Å². The summed E-state index contributed by atoms with van der Waals surface area (Å²) in [7, 11) is 1.58. The van der Waals surface area contributed by atoms with Gasteiger partial charge < -0.3 is 10.5 Å². The molecule has 2 heteroatoms. The van der Waals surface area contributed by atoms with E-state index in [1.54, 1.807) is 14.0 Å². The van der Waals surface area contributed by atoms with E-state index in [0.717, 1.165) is 5.76 Å². The summed E-state index contributed by atoms with van der Waals surface area (Å²) in [6.45, 7) is 5.79. The second kappa shape index (κ2) is 9.60. The van der Waals surface area contributed by atoms with Crippen molar-refractivity contribution in [3.05, 3.63) is 12.0 Å². The highest BCUT2D eigenvalue weighted by molar-refractivity contribution is 4.81. The zero-order valence-electron chi connectivity index (χ0n) is 6.06.